The predicted octanol–water partition coefficient (Wildman–Crippen LogP) is 2.79. The minimum absolute atomic E-state index is 0.220. The van der Waals surface area contributed by atoms with Gasteiger partial charge < -0.3 is 20.4 Å². The molecule has 1 amide bonds. The van der Waals surface area contributed by atoms with Gasteiger partial charge in [0.05, 0.1) is 0 Å². The Morgan fingerprint density at radius 3 is 2.48 bits per heavy atom. The SMILES string of the molecule is CN=C(NCCCC(=O)N1CCc2ccccc21)NCCCN1CCCCCC1. The zero-order chi connectivity index (χ0) is 20.3. The fourth-order valence-electron chi connectivity index (χ4n) is 4.27. The third kappa shape index (κ3) is 6.74. The van der Waals surface area contributed by atoms with Gasteiger partial charge in [0.25, 0.3) is 0 Å². The van der Waals surface area contributed by atoms with Gasteiger partial charge in [0.15, 0.2) is 5.96 Å². The highest BCUT2D eigenvalue weighted by atomic mass is 16.2. The summed E-state index contributed by atoms with van der Waals surface area (Å²) in [4.78, 5) is 21.4. The molecule has 0 aliphatic carbocycles. The summed E-state index contributed by atoms with van der Waals surface area (Å²) in [5.74, 6) is 1.05. The van der Waals surface area contributed by atoms with Crippen LogP contribution in [-0.2, 0) is 11.2 Å². The average molecular weight is 400 g/mol. The van der Waals surface area contributed by atoms with Crippen LogP contribution in [-0.4, -0.2) is 63.1 Å². The van der Waals surface area contributed by atoms with E-state index in [2.05, 4.69) is 32.7 Å². The Hall–Kier alpha value is -2.08. The maximum absolute atomic E-state index is 12.6. The molecular weight excluding hydrogens is 362 g/mol. The molecule has 0 radical (unpaired) electrons. The summed E-state index contributed by atoms with van der Waals surface area (Å²) in [6.07, 6.45) is 8.94. The fraction of sp³-hybridized carbons (Fsp3) is 0.652. The minimum atomic E-state index is 0.220. The van der Waals surface area contributed by atoms with Crippen molar-refractivity contribution in [3.05, 3.63) is 29.8 Å². The smallest absolute Gasteiger partial charge is 0.227 e. The number of benzene rings is 1. The highest BCUT2D eigenvalue weighted by Crippen LogP contribution is 2.27. The van der Waals surface area contributed by atoms with E-state index in [-0.39, 0.29) is 5.91 Å². The van der Waals surface area contributed by atoms with Crippen molar-refractivity contribution >= 4 is 17.6 Å². The van der Waals surface area contributed by atoms with Crippen molar-refractivity contribution in [3.63, 3.8) is 0 Å². The Bertz CT molecular complexity index is 667. The molecule has 2 aliphatic rings. The second-order valence-electron chi connectivity index (χ2n) is 8.06. The van der Waals surface area contributed by atoms with Gasteiger partial charge in [-0.05, 0) is 63.4 Å². The number of carbonyl (C=O) groups excluding carboxylic acids is 1. The highest BCUT2D eigenvalue weighted by molar-refractivity contribution is 5.95. The number of fused-ring (bicyclic) bond motifs is 1. The first kappa shape index (κ1) is 21.6. The second kappa shape index (κ2) is 11.8. The lowest BCUT2D eigenvalue weighted by molar-refractivity contribution is -0.118. The summed E-state index contributed by atoms with van der Waals surface area (Å²) >= 11 is 0. The maximum Gasteiger partial charge on any atom is 0.227 e. The normalized spacial score (nSPS) is 17.7. The molecule has 1 fully saturated rings. The Labute approximate surface area is 175 Å². The number of carbonyl (C=O) groups is 1. The first-order valence-electron chi connectivity index (χ1n) is 11.3. The van der Waals surface area contributed by atoms with E-state index in [1.165, 1.54) is 44.3 Å². The van der Waals surface area contributed by atoms with E-state index in [9.17, 15) is 4.79 Å². The Balaban J connectivity index is 1.27. The molecule has 0 atom stereocenters. The summed E-state index contributed by atoms with van der Waals surface area (Å²) in [6, 6.07) is 8.22. The molecule has 2 heterocycles. The number of likely N-dealkylation sites (tertiary alicyclic amines) is 1. The van der Waals surface area contributed by atoms with E-state index in [1.54, 1.807) is 7.05 Å². The van der Waals surface area contributed by atoms with Crippen molar-refractivity contribution in [3.8, 4) is 0 Å². The number of aliphatic imine (C=N–C) groups is 1. The number of rotatable bonds is 8. The average Bonchev–Trinajstić information content (AvgIpc) is 3.01. The lowest BCUT2D eigenvalue weighted by Gasteiger charge is -2.20. The van der Waals surface area contributed by atoms with Gasteiger partial charge in [-0.1, -0.05) is 31.0 Å². The lowest BCUT2D eigenvalue weighted by Crippen LogP contribution is -2.39. The molecule has 29 heavy (non-hydrogen) atoms. The summed E-state index contributed by atoms with van der Waals surface area (Å²) in [5.41, 5.74) is 2.37. The summed E-state index contributed by atoms with van der Waals surface area (Å²) in [5, 5.41) is 6.74. The van der Waals surface area contributed by atoms with Crippen LogP contribution >= 0.6 is 0 Å². The van der Waals surface area contributed by atoms with E-state index in [4.69, 9.17) is 0 Å². The molecule has 1 saturated heterocycles. The molecule has 160 valence electrons. The van der Waals surface area contributed by atoms with Crippen molar-refractivity contribution < 1.29 is 4.79 Å². The van der Waals surface area contributed by atoms with E-state index < -0.39 is 0 Å². The Kier molecular flexibility index (Phi) is 8.81. The molecule has 2 N–H and O–H groups in total. The van der Waals surface area contributed by atoms with Crippen molar-refractivity contribution in [2.45, 2.75) is 51.4 Å². The van der Waals surface area contributed by atoms with Gasteiger partial charge >= 0.3 is 0 Å². The van der Waals surface area contributed by atoms with Crippen LogP contribution < -0.4 is 15.5 Å². The van der Waals surface area contributed by atoms with Gasteiger partial charge in [0, 0.05) is 38.8 Å². The van der Waals surface area contributed by atoms with E-state index in [0.29, 0.717) is 6.42 Å². The minimum Gasteiger partial charge on any atom is -0.356 e. The van der Waals surface area contributed by atoms with E-state index in [0.717, 1.165) is 57.1 Å². The van der Waals surface area contributed by atoms with Crippen molar-refractivity contribution in [1.82, 2.24) is 15.5 Å². The van der Waals surface area contributed by atoms with Crippen LogP contribution in [0.5, 0.6) is 0 Å². The summed E-state index contributed by atoms with van der Waals surface area (Å²) in [7, 11) is 1.80. The van der Waals surface area contributed by atoms with Gasteiger partial charge in [0.2, 0.25) is 5.91 Å². The first-order valence-corrected chi connectivity index (χ1v) is 11.3. The van der Waals surface area contributed by atoms with Crippen molar-refractivity contribution in [2.75, 3.05) is 51.2 Å². The zero-order valence-corrected chi connectivity index (χ0v) is 18.0. The van der Waals surface area contributed by atoms with Crippen LogP contribution in [0.4, 0.5) is 5.69 Å². The van der Waals surface area contributed by atoms with Crippen LogP contribution in [0.1, 0.15) is 50.5 Å². The molecule has 0 spiro atoms. The molecule has 0 bridgehead atoms. The molecule has 1 aromatic rings. The first-order chi connectivity index (χ1) is 14.3. The molecule has 2 aliphatic heterocycles. The number of hydrogen-bond donors (Lipinski definition) is 2. The predicted molar refractivity (Wildman–Crippen MR) is 121 cm³/mol. The molecular formula is C23H37N5O. The molecule has 3 rings (SSSR count). The molecule has 0 unspecified atom stereocenters. The maximum atomic E-state index is 12.6. The molecule has 1 aromatic carbocycles. The zero-order valence-electron chi connectivity index (χ0n) is 18.0. The topological polar surface area (TPSA) is 60.0 Å². The van der Waals surface area contributed by atoms with Gasteiger partial charge in [-0.25, -0.2) is 0 Å². The monoisotopic (exact) mass is 399 g/mol. The molecule has 0 aromatic heterocycles. The fourth-order valence-corrected chi connectivity index (χ4v) is 4.27. The van der Waals surface area contributed by atoms with E-state index >= 15 is 0 Å². The highest BCUT2D eigenvalue weighted by Gasteiger charge is 2.23. The second-order valence-corrected chi connectivity index (χ2v) is 8.06. The number of nitrogens with zero attached hydrogens (tertiary/aromatic N) is 3. The third-order valence-electron chi connectivity index (χ3n) is 5.91. The van der Waals surface area contributed by atoms with Crippen LogP contribution in [0.3, 0.4) is 0 Å². The Morgan fingerprint density at radius 1 is 1.00 bits per heavy atom. The van der Waals surface area contributed by atoms with Gasteiger partial charge in [0.1, 0.15) is 0 Å². The quantitative estimate of drug-likeness (QED) is 0.401. The van der Waals surface area contributed by atoms with Crippen LogP contribution in [0.15, 0.2) is 29.3 Å². The van der Waals surface area contributed by atoms with Gasteiger partial charge in [-0.3, -0.25) is 9.79 Å². The van der Waals surface area contributed by atoms with Crippen LogP contribution in [0, 0.1) is 0 Å². The number of anilines is 1. The molecule has 6 nitrogen and oxygen atoms in total. The van der Waals surface area contributed by atoms with Gasteiger partial charge in [-0.15, -0.1) is 0 Å². The summed E-state index contributed by atoms with van der Waals surface area (Å²) in [6.45, 7) is 6.17. The number of nitrogens with one attached hydrogen (secondary N) is 2. The third-order valence-corrected chi connectivity index (χ3v) is 5.91. The number of hydrogen-bond acceptors (Lipinski definition) is 3. The largest absolute Gasteiger partial charge is 0.356 e. The summed E-state index contributed by atoms with van der Waals surface area (Å²) < 4.78 is 0. The number of guanidine groups is 1. The lowest BCUT2D eigenvalue weighted by atomic mass is 10.2. The standard InChI is InChI=1S/C23H37N5O/c1-24-23(26-15-9-18-27-16-6-2-3-7-17-27)25-14-8-12-22(29)28-19-13-20-10-4-5-11-21(20)28/h4-5,10-11H,2-3,6-9,12-19H2,1H3,(H2,24,25,26). The molecule has 0 saturated carbocycles. The van der Waals surface area contributed by atoms with Crippen LogP contribution in [0.25, 0.3) is 0 Å². The van der Waals surface area contributed by atoms with Crippen LogP contribution in [0.2, 0.25) is 0 Å². The number of para-hydroxylation sites is 1. The van der Waals surface area contributed by atoms with Gasteiger partial charge in [-0.2, -0.15) is 0 Å². The van der Waals surface area contributed by atoms with E-state index in [1.807, 2.05) is 17.0 Å². The number of amides is 1. The van der Waals surface area contributed by atoms with Crippen molar-refractivity contribution in [1.29, 1.82) is 0 Å². The Morgan fingerprint density at radius 2 is 1.72 bits per heavy atom. The molecule has 6 heteroatoms. The van der Waals surface area contributed by atoms with Crippen molar-refractivity contribution in [2.24, 2.45) is 4.99 Å².